The molecule has 0 aromatic heterocycles. The molecule has 0 aromatic rings. The molecule has 11 heavy (non-hydrogen) atoms. The Bertz CT molecular complexity index is 166. The van der Waals surface area contributed by atoms with Crippen LogP contribution in [-0.2, 0) is 0 Å². The summed E-state index contributed by atoms with van der Waals surface area (Å²) in [5.74, 6) is 0. The first-order valence-corrected chi connectivity index (χ1v) is 3.82. The Morgan fingerprint density at radius 1 is 1.45 bits per heavy atom. The monoisotopic (exact) mass is 151 g/mol. The van der Waals surface area contributed by atoms with Crippen LogP contribution >= 0.6 is 0 Å². The third kappa shape index (κ3) is 3.66. The fraction of sp³-hybridized carbons (Fsp3) is 0.400. The fourth-order valence-corrected chi connectivity index (χ4v) is 0.894. The highest BCUT2D eigenvalue weighted by molar-refractivity contribution is 5.04. The molecule has 0 unspecified atom stereocenters. The molecule has 0 heterocycles. The van der Waals surface area contributed by atoms with Crippen molar-refractivity contribution >= 4 is 0 Å². The summed E-state index contributed by atoms with van der Waals surface area (Å²) in [5, 5.41) is 0. The first kappa shape index (κ1) is 10.0. The molecule has 0 saturated carbocycles. The minimum Gasteiger partial charge on any atom is -0.350 e. The minimum atomic E-state index is 0.462. The highest BCUT2D eigenvalue weighted by Crippen LogP contribution is 2.06. The van der Waals surface area contributed by atoms with Crippen LogP contribution in [0.3, 0.4) is 0 Å². The van der Waals surface area contributed by atoms with E-state index in [0.717, 1.165) is 5.70 Å². The maximum absolute atomic E-state index is 3.87. The topological polar surface area (TPSA) is 3.24 Å². The van der Waals surface area contributed by atoms with Crippen LogP contribution in [0.15, 0.2) is 37.2 Å². The normalized spacial score (nSPS) is 10.5. The third-order valence-electron chi connectivity index (χ3n) is 1.38. The van der Waals surface area contributed by atoms with Crippen LogP contribution in [0, 0.1) is 0 Å². The van der Waals surface area contributed by atoms with Gasteiger partial charge < -0.3 is 4.90 Å². The van der Waals surface area contributed by atoms with Gasteiger partial charge in [-0.05, 0) is 26.8 Å². The van der Waals surface area contributed by atoms with Gasteiger partial charge in [-0.15, -0.1) is 0 Å². The van der Waals surface area contributed by atoms with Crippen molar-refractivity contribution < 1.29 is 0 Å². The lowest BCUT2D eigenvalue weighted by atomic mass is 10.3. The maximum Gasteiger partial charge on any atom is 0.0276 e. The molecule has 0 radical (unpaired) electrons. The van der Waals surface area contributed by atoms with E-state index in [9.17, 15) is 0 Å². The average Bonchev–Trinajstić information content (AvgIpc) is 1.87. The number of hydrogen-bond acceptors (Lipinski definition) is 1. The van der Waals surface area contributed by atoms with E-state index in [1.807, 2.05) is 19.2 Å². The largest absolute Gasteiger partial charge is 0.350 e. The molecule has 0 bridgehead atoms. The number of allylic oxidation sites excluding steroid dienone is 3. The zero-order valence-corrected chi connectivity index (χ0v) is 7.67. The molecule has 0 aliphatic heterocycles. The van der Waals surface area contributed by atoms with Gasteiger partial charge in [0, 0.05) is 17.9 Å². The molecule has 1 nitrogen and oxygen atoms in total. The Morgan fingerprint density at radius 3 is 2.27 bits per heavy atom. The van der Waals surface area contributed by atoms with Gasteiger partial charge >= 0.3 is 0 Å². The summed E-state index contributed by atoms with van der Waals surface area (Å²) in [5.41, 5.74) is 1.05. The summed E-state index contributed by atoms with van der Waals surface area (Å²) in [6, 6.07) is 0.462. The van der Waals surface area contributed by atoms with Crippen molar-refractivity contribution in [3.05, 3.63) is 37.2 Å². The Kier molecular flexibility index (Phi) is 4.35. The van der Waals surface area contributed by atoms with Crippen LogP contribution in [-0.4, -0.2) is 10.9 Å². The molecule has 0 amide bonds. The van der Waals surface area contributed by atoms with Crippen LogP contribution in [0.5, 0.6) is 0 Å². The molecule has 0 aromatic carbocycles. The van der Waals surface area contributed by atoms with Gasteiger partial charge in [-0.2, -0.15) is 0 Å². The third-order valence-corrected chi connectivity index (χ3v) is 1.38. The van der Waals surface area contributed by atoms with Crippen LogP contribution in [0.4, 0.5) is 0 Å². The first-order valence-electron chi connectivity index (χ1n) is 3.82. The van der Waals surface area contributed by atoms with Crippen LogP contribution < -0.4 is 0 Å². The molecule has 0 N–H and O–H groups in total. The van der Waals surface area contributed by atoms with Crippen LogP contribution in [0.2, 0.25) is 0 Å². The second-order valence-electron chi connectivity index (χ2n) is 2.81. The van der Waals surface area contributed by atoms with Crippen molar-refractivity contribution in [2.24, 2.45) is 0 Å². The van der Waals surface area contributed by atoms with Gasteiger partial charge in [0.1, 0.15) is 0 Å². The Hall–Kier alpha value is -0.980. The highest BCUT2D eigenvalue weighted by Gasteiger charge is 2.02. The second-order valence-corrected chi connectivity index (χ2v) is 2.81. The Morgan fingerprint density at radius 2 is 2.00 bits per heavy atom. The van der Waals surface area contributed by atoms with Crippen molar-refractivity contribution in [2.45, 2.75) is 26.8 Å². The van der Waals surface area contributed by atoms with Crippen molar-refractivity contribution in [2.75, 3.05) is 0 Å². The van der Waals surface area contributed by atoms with Crippen molar-refractivity contribution in [1.29, 1.82) is 0 Å². The van der Waals surface area contributed by atoms with Crippen molar-refractivity contribution in [1.82, 2.24) is 4.90 Å². The molecule has 0 saturated heterocycles. The predicted molar refractivity (Wildman–Crippen MR) is 51.1 cm³/mol. The smallest absolute Gasteiger partial charge is 0.0276 e. The van der Waals surface area contributed by atoms with Crippen LogP contribution in [0.25, 0.3) is 0 Å². The van der Waals surface area contributed by atoms with Gasteiger partial charge in [0.2, 0.25) is 0 Å². The molecule has 0 fully saturated rings. The first-order chi connectivity index (χ1) is 5.09. The predicted octanol–water partition coefficient (Wildman–Crippen LogP) is 2.93. The Labute approximate surface area is 69.7 Å². The zero-order valence-electron chi connectivity index (χ0n) is 7.67. The van der Waals surface area contributed by atoms with Gasteiger partial charge in [-0.3, -0.25) is 0 Å². The van der Waals surface area contributed by atoms with E-state index in [4.69, 9.17) is 0 Å². The van der Waals surface area contributed by atoms with Crippen molar-refractivity contribution in [3.8, 4) is 0 Å². The maximum atomic E-state index is 3.87. The number of nitrogens with zero attached hydrogens (tertiary/aromatic N) is 1. The summed E-state index contributed by atoms with van der Waals surface area (Å²) >= 11 is 0. The lowest BCUT2D eigenvalue weighted by Gasteiger charge is -2.24. The summed E-state index contributed by atoms with van der Waals surface area (Å²) < 4.78 is 0. The molecule has 62 valence electrons. The molecule has 0 aliphatic carbocycles. The van der Waals surface area contributed by atoms with E-state index in [-0.39, 0.29) is 0 Å². The molecule has 0 rings (SSSR count). The van der Waals surface area contributed by atoms with E-state index in [0.29, 0.717) is 6.04 Å². The van der Waals surface area contributed by atoms with Crippen molar-refractivity contribution in [3.63, 3.8) is 0 Å². The Balaban J connectivity index is 4.22. The molecular weight excluding hydrogens is 134 g/mol. The molecule has 0 aliphatic rings. The van der Waals surface area contributed by atoms with Crippen LogP contribution in [0.1, 0.15) is 20.8 Å². The minimum absolute atomic E-state index is 0.462. The second kappa shape index (κ2) is 4.78. The summed E-state index contributed by atoms with van der Waals surface area (Å²) in [4.78, 5) is 2.10. The van der Waals surface area contributed by atoms with E-state index in [1.54, 1.807) is 6.08 Å². The lowest BCUT2D eigenvalue weighted by Crippen LogP contribution is -2.22. The fourth-order valence-electron chi connectivity index (χ4n) is 0.894. The van der Waals surface area contributed by atoms with E-state index < -0.39 is 0 Å². The van der Waals surface area contributed by atoms with Gasteiger partial charge in [0.25, 0.3) is 0 Å². The summed E-state index contributed by atoms with van der Waals surface area (Å²) in [6.07, 6.45) is 5.66. The molecule has 1 heteroatoms. The number of hydrogen-bond donors (Lipinski definition) is 0. The molecule has 0 spiro atoms. The zero-order chi connectivity index (χ0) is 8.85. The molecular formula is C10H17N. The quantitative estimate of drug-likeness (QED) is 0.558. The SMILES string of the molecule is C=C/C=C\N(C(=C)C)C(C)C. The van der Waals surface area contributed by atoms with Gasteiger partial charge in [0.05, 0.1) is 0 Å². The highest BCUT2D eigenvalue weighted by atomic mass is 15.1. The van der Waals surface area contributed by atoms with Gasteiger partial charge in [-0.25, -0.2) is 0 Å². The summed E-state index contributed by atoms with van der Waals surface area (Å²) in [7, 11) is 0. The lowest BCUT2D eigenvalue weighted by molar-refractivity contribution is 0.387. The van der Waals surface area contributed by atoms with E-state index >= 15 is 0 Å². The number of rotatable bonds is 4. The molecule has 0 atom stereocenters. The standard InChI is InChI=1S/C10H17N/c1-6-7-8-11(9(2)3)10(4)5/h6-8,10H,1-2H2,3-5H3/b8-7-. The van der Waals surface area contributed by atoms with E-state index in [2.05, 4.69) is 31.9 Å². The van der Waals surface area contributed by atoms with Gasteiger partial charge in [0.15, 0.2) is 0 Å². The van der Waals surface area contributed by atoms with E-state index in [1.165, 1.54) is 0 Å². The van der Waals surface area contributed by atoms with Gasteiger partial charge in [-0.1, -0.05) is 19.2 Å². The summed E-state index contributed by atoms with van der Waals surface area (Å²) in [6.45, 7) is 13.7. The average molecular weight is 151 g/mol.